The number of benzene rings is 2. The second-order valence-corrected chi connectivity index (χ2v) is 10.3. The SMILES string of the molecule is COc1ccc(NC(=O)CN2CCCc3cccc(OC)c32)cc1S(=O)(=O)N1CCCCC1. The van der Waals surface area contributed by atoms with Gasteiger partial charge in [0.25, 0.3) is 0 Å². The van der Waals surface area contributed by atoms with Crippen molar-refractivity contribution in [3.05, 3.63) is 42.0 Å². The Labute approximate surface area is 195 Å². The maximum absolute atomic E-state index is 13.2. The molecule has 33 heavy (non-hydrogen) atoms. The van der Waals surface area contributed by atoms with Crippen LogP contribution in [-0.4, -0.2) is 59.0 Å². The number of aryl methyl sites for hydroxylation is 1. The first kappa shape index (κ1) is 23.4. The fourth-order valence-electron chi connectivity index (χ4n) is 4.60. The number of nitrogens with one attached hydrogen (secondary N) is 1. The molecule has 0 aromatic heterocycles. The number of methoxy groups -OCH3 is 2. The molecule has 0 unspecified atom stereocenters. The average molecular weight is 474 g/mol. The van der Waals surface area contributed by atoms with Crippen LogP contribution in [0.1, 0.15) is 31.2 Å². The Bertz CT molecular complexity index is 1100. The van der Waals surface area contributed by atoms with Gasteiger partial charge in [0.15, 0.2) is 0 Å². The molecule has 2 aliphatic heterocycles. The zero-order valence-corrected chi connectivity index (χ0v) is 20.0. The lowest BCUT2D eigenvalue weighted by molar-refractivity contribution is -0.115. The van der Waals surface area contributed by atoms with Crippen molar-refractivity contribution in [1.82, 2.24) is 4.31 Å². The summed E-state index contributed by atoms with van der Waals surface area (Å²) in [5.74, 6) is 0.799. The van der Waals surface area contributed by atoms with Crippen LogP contribution in [-0.2, 0) is 21.2 Å². The van der Waals surface area contributed by atoms with E-state index in [9.17, 15) is 13.2 Å². The van der Waals surface area contributed by atoms with Gasteiger partial charge in [-0.1, -0.05) is 18.6 Å². The monoisotopic (exact) mass is 473 g/mol. The minimum atomic E-state index is -3.71. The van der Waals surface area contributed by atoms with Gasteiger partial charge in [0.05, 0.1) is 26.5 Å². The Morgan fingerprint density at radius 2 is 1.73 bits per heavy atom. The van der Waals surface area contributed by atoms with Crippen molar-refractivity contribution in [3.8, 4) is 11.5 Å². The van der Waals surface area contributed by atoms with E-state index >= 15 is 0 Å². The molecule has 1 N–H and O–H groups in total. The fraction of sp³-hybridized carbons (Fsp3) is 0.458. The Hall–Kier alpha value is -2.78. The van der Waals surface area contributed by atoms with Crippen molar-refractivity contribution in [2.45, 2.75) is 37.0 Å². The number of hydrogen-bond donors (Lipinski definition) is 1. The normalized spacial score (nSPS) is 16.7. The molecule has 9 heteroatoms. The number of para-hydroxylation sites is 1. The lowest BCUT2D eigenvalue weighted by Crippen LogP contribution is -2.37. The topological polar surface area (TPSA) is 88.2 Å². The zero-order valence-electron chi connectivity index (χ0n) is 19.2. The average Bonchev–Trinajstić information content (AvgIpc) is 2.84. The van der Waals surface area contributed by atoms with Crippen LogP contribution in [0.5, 0.6) is 11.5 Å². The van der Waals surface area contributed by atoms with Crippen LogP contribution in [0.3, 0.4) is 0 Å². The molecule has 178 valence electrons. The summed E-state index contributed by atoms with van der Waals surface area (Å²) >= 11 is 0. The number of ether oxygens (including phenoxy) is 2. The maximum atomic E-state index is 13.2. The lowest BCUT2D eigenvalue weighted by Gasteiger charge is -2.32. The Morgan fingerprint density at radius 3 is 2.45 bits per heavy atom. The van der Waals surface area contributed by atoms with Crippen LogP contribution in [0.15, 0.2) is 41.3 Å². The highest BCUT2D eigenvalue weighted by molar-refractivity contribution is 7.89. The number of anilines is 2. The van der Waals surface area contributed by atoms with Gasteiger partial charge in [-0.2, -0.15) is 4.31 Å². The molecule has 1 amide bonds. The van der Waals surface area contributed by atoms with Crippen molar-refractivity contribution >= 4 is 27.3 Å². The molecule has 0 spiro atoms. The third-order valence-corrected chi connectivity index (χ3v) is 8.13. The van der Waals surface area contributed by atoms with E-state index in [2.05, 4.69) is 11.4 Å². The number of hydrogen-bond acceptors (Lipinski definition) is 6. The van der Waals surface area contributed by atoms with E-state index in [0.29, 0.717) is 18.8 Å². The van der Waals surface area contributed by atoms with E-state index in [1.807, 2.05) is 17.0 Å². The lowest BCUT2D eigenvalue weighted by atomic mass is 10.0. The summed E-state index contributed by atoms with van der Waals surface area (Å²) in [6, 6.07) is 10.7. The number of sulfonamides is 1. The summed E-state index contributed by atoms with van der Waals surface area (Å²) < 4.78 is 38.8. The summed E-state index contributed by atoms with van der Waals surface area (Å²) in [6.45, 7) is 1.89. The summed E-state index contributed by atoms with van der Waals surface area (Å²) in [5, 5.41) is 2.86. The molecule has 2 aromatic rings. The van der Waals surface area contributed by atoms with Crippen LogP contribution < -0.4 is 19.7 Å². The number of fused-ring (bicyclic) bond motifs is 1. The van der Waals surface area contributed by atoms with Gasteiger partial charge in [-0.25, -0.2) is 8.42 Å². The minimum absolute atomic E-state index is 0.0784. The highest BCUT2D eigenvalue weighted by atomic mass is 32.2. The van der Waals surface area contributed by atoms with Crippen molar-refractivity contribution in [1.29, 1.82) is 0 Å². The van der Waals surface area contributed by atoms with E-state index in [0.717, 1.165) is 55.6 Å². The number of piperidine rings is 1. The smallest absolute Gasteiger partial charge is 0.246 e. The van der Waals surface area contributed by atoms with Crippen molar-refractivity contribution in [2.75, 3.05) is 50.6 Å². The predicted molar refractivity (Wildman–Crippen MR) is 128 cm³/mol. The van der Waals surface area contributed by atoms with Crippen LogP contribution in [0.4, 0.5) is 11.4 Å². The first-order valence-electron chi connectivity index (χ1n) is 11.3. The molecule has 0 bridgehead atoms. The molecule has 0 saturated carbocycles. The van der Waals surface area contributed by atoms with E-state index in [-0.39, 0.29) is 23.1 Å². The molecule has 0 aliphatic carbocycles. The van der Waals surface area contributed by atoms with Gasteiger partial charge in [0, 0.05) is 25.3 Å². The molecule has 1 fully saturated rings. The van der Waals surface area contributed by atoms with Crippen LogP contribution in [0, 0.1) is 0 Å². The van der Waals surface area contributed by atoms with Crippen LogP contribution in [0.2, 0.25) is 0 Å². The summed E-state index contributed by atoms with van der Waals surface area (Å²) in [4.78, 5) is 15.0. The summed E-state index contributed by atoms with van der Waals surface area (Å²) in [7, 11) is -0.632. The summed E-state index contributed by atoms with van der Waals surface area (Å²) in [5.41, 5.74) is 2.53. The van der Waals surface area contributed by atoms with E-state index in [1.165, 1.54) is 17.5 Å². The molecule has 8 nitrogen and oxygen atoms in total. The number of carbonyl (C=O) groups is 1. The van der Waals surface area contributed by atoms with E-state index < -0.39 is 10.0 Å². The fourth-order valence-corrected chi connectivity index (χ4v) is 6.30. The predicted octanol–water partition coefficient (Wildman–Crippen LogP) is 3.27. The third-order valence-electron chi connectivity index (χ3n) is 6.21. The van der Waals surface area contributed by atoms with E-state index in [4.69, 9.17) is 9.47 Å². The van der Waals surface area contributed by atoms with Gasteiger partial charge in [0.1, 0.15) is 16.4 Å². The van der Waals surface area contributed by atoms with Crippen molar-refractivity contribution in [2.24, 2.45) is 0 Å². The number of carbonyl (C=O) groups excluding carboxylic acids is 1. The first-order valence-corrected chi connectivity index (χ1v) is 12.8. The highest BCUT2D eigenvalue weighted by Crippen LogP contribution is 2.36. The molecule has 0 atom stereocenters. The van der Waals surface area contributed by atoms with Gasteiger partial charge >= 0.3 is 0 Å². The molecule has 4 rings (SSSR count). The van der Waals surface area contributed by atoms with Crippen LogP contribution >= 0.6 is 0 Å². The summed E-state index contributed by atoms with van der Waals surface area (Å²) in [6.07, 6.45) is 4.62. The molecular formula is C24H31N3O5S. The number of nitrogens with zero attached hydrogens (tertiary/aromatic N) is 2. The third kappa shape index (κ3) is 4.94. The molecule has 2 aliphatic rings. The van der Waals surface area contributed by atoms with Gasteiger partial charge in [0.2, 0.25) is 15.9 Å². The molecule has 0 radical (unpaired) electrons. The molecule has 1 saturated heterocycles. The van der Waals surface area contributed by atoms with E-state index in [1.54, 1.807) is 19.2 Å². The van der Waals surface area contributed by atoms with Gasteiger partial charge in [-0.05, 0) is 55.5 Å². The van der Waals surface area contributed by atoms with Gasteiger partial charge in [-0.15, -0.1) is 0 Å². The minimum Gasteiger partial charge on any atom is -0.495 e. The second kappa shape index (κ2) is 10.0. The molecule has 2 aromatic carbocycles. The largest absolute Gasteiger partial charge is 0.495 e. The van der Waals surface area contributed by atoms with Gasteiger partial charge in [-0.3, -0.25) is 4.79 Å². The van der Waals surface area contributed by atoms with Gasteiger partial charge < -0.3 is 19.7 Å². The van der Waals surface area contributed by atoms with Crippen molar-refractivity contribution < 1.29 is 22.7 Å². The zero-order chi connectivity index (χ0) is 23.4. The number of amides is 1. The Morgan fingerprint density at radius 1 is 0.970 bits per heavy atom. The maximum Gasteiger partial charge on any atom is 0.246 e. The van der Waals surface area contributed by atoms with Crippen LogP contribution in [0.25, 0.3) is 0 Å². The Balaban J connectivity index is 1.54. The Kier molecular flexibility index (Phi) is 7.09. The quantitative estimate of drug-likeness (QED) is 0.664. The second-order valence-electron chi connectivity index (χ2n) is 8.37. The highest BCUT2D eigenvalue weighted by Gasteiger charge is 2.29. The number of rotatable bonds is 7. The molecular weight excluding hydrogens is 442 g/mol. The standard InChI is InChI=1S/C24H31N3O5S/c1-31-20-12-11-19(16-22(20)33(29,30)27-14-4-3-5-15-27)25-23(28)17-26-13-7-9-18-8-6-10-21(32-2)24(18)26/h6,8,10-12,16H,3-5,7,9,13-15,17H2,1-2H3,(H,25,28). The first-order chi connectivity index (χ1) is 15.9. The van der Waals surface area contributed by atoms with Crippen molar-refractivity contribution in [3.63, 3.8) is 0 Å². The molecule has 2 heterocycles.